The summed E-state index contributed by atoms with van der Waals surface area (Å²) in [5, 5.41) is 0. The summed E-state index contributed by atoms with van der Waals surface area (Å²) in [5.41, 5.74) is 5.34. The van der Waals surface area contributed by atoms with E-state index in [1.807, 2.05) is 0 Å². The molecule has 1 aliphatic heterocycles. The largest absolute Gasteiger partial charge is 0.374 e. The van der Waals surface area contributed by atoms with Crippen LogP contribution in [0.4, 0.5) is 5.69 Å². The van der Waals surface area contributed by atoms with E-state index in [0.717, 1.165) is 12.1 Å². The Hall–Kier alpha value is -1.24. The SMILES string of the molecule is C=C(C)c1cccc2c1N(C)CCC2. The van der Waals surface area contributed by atoms with Crippen molar-refractivity contribution >= 4 is 11.3 Å². The average Bonchev–Trinajstić information content (AvgIpc) is 2.17. The predicted octanol–water partition coefficient (Wildman–Crippen LogP) is 3.10. The van der Waals surface area contributed by atoms with Gasteiger partial charge in [-0.05, 0) is 30.9 Å². The van der Waals surface area contributed by atoms with Gasteiger partial charge in [0.25, 0.3) is 0 Å². The number of para-hydroxylation sites is 1. The number of nitrogens with zero attached hydrogens (tertiary/aromatic N) is 1. The molecule has 0 aliphatic carbocycles. The first-order valence-corrected chi connectivity index (χ1v) is 5.19. The molecule has 1 aromatic carbocycles. The predicted molar refractivity (Wildman–Crippen MR) is 62.7 cm³/mol. The lowest BCUT2D eigenvalue weighted by Gasteiger charge is -2.30. The summed E-state index contributed by atoms with van der Waals surface area (Å²) in [7, 11) is 2.17. The summed E-state index contributed by atoms with van der Waals surface area (Å²) < 4.78 is 0. The van der Waals surface area contributed by atoms with Crippen molar-refractivity contribution in [1.82, 2.24) is 0 Å². The molecule has 74 valence electrons. The summed E-state index contributed by atoms with van der Waals surface area (Å²) >= 11 is 0. The van der Waals surface area contributed by atoms with Crippen molar-refractivity contribution in [1.29, 1.82) is 0 Å². The van der Waals surface area contributed by atoms with Crippen LogP contribution in [0.5, 0.6) is 0 Å². The first kappa shape index (κ1) is 9.32. The van der Waals surface area contributed by atoms with Crippen LogP contribution >= 0.6 is 0 Å². The van der Waals surface area contributed by atoms with Gasteiger partial charge < -0.3 is 4.90 Å². The van der Waals surface area contributed by atoms with Crippen LogP contribution in [-0.4, -0.2) is 13.6 Å². The maximum atomic E-state index is 4.04. The van der Waals surface area contributed by atoms with Crippen molar-refractivity contribution in [3.63, 3.8) is 0 Å². The number of hydrogen-bond donors (Lipinski definition) is 0. The lowest BCUT2D eigenvalue weighted by Crippen LogP contribution is -2.25. The smallest absolute Gasteiger partial charge is 0.0472 e. The standard InChI is InChI=1S/C13H17N/c1-10(2)12-8-4-6-11-7-5-9-14(3)13(11)12/h4,6,8H,1,5,7,9H2,2-3H3. The number of fused-ring (bicyclic) bond motifs is 1. The second kappa shape index (κ2) is 3.49. The van der Waals surface area contributed by atoms with Crippen molar-refractivity contribution in [3.05, 3.63) is 35.9 Å². The minimum atomic E-state index is 1.16. The fourth-order valence-electron chi connectivity index (χ4n) is 2.21. The highest BCUT2D eigenvalue weighted by Crippen LogP contribution is 2.33. The van der Waals surface area contributed by atoms with Gasteiger partial charge in [0, 0.05) is 24.8 Å². The molecule has 0 bridgehead atoms. The molecule has 1 nitrogen and oxygen atoms in total. The Kier molecular flexibility index (Phi) is 2.32. The van der Waals surface area contributed by atoms with Crippen molar-refractivity contribution in [2.75, 3.05) is 18.5 Å². The van der Waals surface area contributed by atoms with E-state index in [9.17, 15) is 0 Å². The maximum Gasteiger partial charge on any atom is 0.0472 e. The van der Waals surface area contributed by atoms with E-state index >= 15 is 0 Å². The maximum absolute atomic E-state index is 4.04. The summed E-state index contributed by atoms with van der Waals surface area (Å²) in [5.74, 6) is 0. The summed E-state index contributed by atoms with van der Waals surface area (Å²) in [6, 6.07) is 6.54. The number of allylic oxidation sites excluding steroid dienone is 1. The third-order valence-corrected chi connectivity index (χ3v) is 2.90. The fraction of sp³-hybridized carbons (Fsp3) is 0.385. The number of anilines is 1. The van der Waals surface area contributed by atoms with Crippen molar-refractivity contribution in [3.8, 4) is 0 Å². The Bertz CT molecular complexity index is 365. The number of aryl methyl sites for hydroxylation is 1. The Morgan fingerprint density at radius 1 is 1.43 bits per heavy atom. The third-order valence-electron chi connectivity index (χ3n) is 2.90. The van der Waals surface area contributed by atoms with Crippen LogP contribution in [0.15, 0.2) is 24.8 Å². The van der Waals surface area contributed by atoms with Gasteiger partial charge >= 0.3 is 0 Å². The van der Waals surface area contributed by atoms with E-state index in [0.29, 0.717) is 0 Å². The topological polar surface area (TPSA) is 3.24 Å². The van der Waals surface area contributed by atoms with Gasteiger partial charge in [-0.2, -0.15) is 0 Å². The Labute approximate surface area is 86.1 Å². The first-order valence-electron chi connectivity index (χ1n) is 5.19. The fourth-order valence-corrected chi connectivity index (χ4v) is 2.21. The third kappa shape index (κ3) is 1.43. The van der Waals surface area contributed by atoms with Gasteiger partial charge in [0.1, 0.15) is 0 Å². The van der Waals surface area contributed by atoms with E-state index in [4.69, 9.17) is 0 Å². The second-order valence-electron chi connectivity index (χ2n) is 4.12. The van der Waals surface area contributed by atoms with Crippen LogP contribution in [0.25, 0.3) is 5.57 Å². The minimum Gasteiger partial charge on any atom is -0.374 e. The summed E-state index contributed by atoms with van der Waals surface area (Å²) in [4.78, 5) is 2.35. The number of benzene rings is 1. The van der Waals surface area contributed by atoms with Crippen LogP contribution in [-0.2, 0) is 6.42 Å². The lowest BCUT2D eigenvalue weighted by atomic mass is 9.95. The molecule has 14 heavy (non-hydrogen) atoms. The van der Waals surface area contributed by atoms with Gasteiger partial charge in [-0.3, -0.25) is 0 Å². The van der Waals surface area contributed by atoms with Crippen LogP contribution in [0.2, 0.25) is 0 Å². The molecule has 0 fully saturated rings. The Balaban J connectivity index is 2.57. The molecule has 1 aromatic rings. The van der Waals surface area contributed by atoms with Gasteiger partial charge in [0.15, 0.2) is 0 Å². The molecule has 0 N–H and O–H groups in total. The number of hydrogen-bond acceptors (Lipinski definition) is 1. The molecule has 0 amide bonds. The van der Waals surface area contributed by atoms with Crippen LogP contribution in [0.3, 0.4) is 0 Å². The molecule has 0 aromatic heterocycles. The molecule has 1 heteroatoms. The molecule has 0 unspecified atom stereocenters. The highest BCUT2D eigenvalue weighted by molar-refractivity contribution is 5.77. The van der Waals surface area contributed by atoms with Crippen molar-refractivity contribution in [2.45, 2.75) is 19.8 Å². The Morgan fingerprint density at radius 2 is 2.21 bits per heavy atom. The first-order chi connectivity index (χ1) is 6.70. The summed E-state index contributed by atoms with van der Waals surface area (Å²) in [6.45, 7) is 7.29. The highest BCUT2D eigenvalue weighted by Gasteiger charge is 2.16. The van der Waals surface area contributed by atoms with Gasteiger partial charge in [0.2, 0.25) is 0 Å². The van der Waals surface area contributed by atoms with Gasteiger partial charge in [-0.1, -0.05) is 24.8 Å². The van der Waals surface area contributed by atoms with Crippen LogP contribution in [0, 0.1) is 0 Å². The normalized spacial score (nSPS) is 15.1. The average molecular weight is 187 g/mol. The molecule has 0 saturated heterocycles. The molecule has 1 aliphatic rings. The zero-order valence-electron chi connectivity index (χ0n) is 9.01. The molecular weight excluding hydrogens is 170 g/mol. The molecule has 1 heterocycles. The highest BCUT2D eigenvalue weighted by atomic mass is 15.1. The van der Waals surface area contributed by atoms with E-state index < -0.39 is 0 Å². The van der Waals surface area contributed by atoms with Gasteiger partial charge in [-0.25, -0.2) is 0 Å². The monoisotopic (exact) mass is 187 g/mol. The van der Waals surface area contributed by atoms with E-state index in [1.165, 1.54) is 29.7 Å². The molecule has 2 rings (SSSR count). The number of rotatable bonds is 1. The minimum absolute atomic E-state index is 1.16. The molecule has 0 atom stereocenters. The van der Waals surface area contributed by atoms with E-state index in [2.05, 4.69) is 43.6 Å². The summed E-state index contributed by atoms with van der Waals surface area (Å²) in [6.07, 6.45) is 2.48. The van der Waals surface area contributed by atoms with Gasteiger partial charge in [-0.15, -0.1) is 0 Å². The van der Waals surface area contributed by atoms with Crippen molar-refractivity contribution in [2.24, 2.45) is 0 Å². The van der Waals surface area contributed by atoms with Crippen LogP contribution in [0.1, 0.15) is 24.5 Å². The van der Waals surface area contributed by atoms with Gasteiger partial charge in [0.05, 0.1) is 0 Å². The molecule has 0 radical (unpaired) electrons. The Morgan fingerprint density at radius 3 is 2.93 bits per heavy atom. The molecule has 0 saturated carbocycles. The second-order valence-corrected chi connectivity index (χ2v) is 4.12. The quantitative estimate of drug-likeness (QED) is 0.653. The van der Waals surface area contributed by atoms with Crippen LogP contribution < -0.4 is 4.90 Å². The molecular formula is C13H17N. The lowest BCUT2D eigenvalue weighted by molar-refractivity contribution is 0.743. The van der Waals surface area contributed by atoms with E-state index in [-0.39, 0.29) is 0 Å². The van der Waals surface area contributed by atoms with E-state index in [1.54, 1.807) is 0 Å². The zero-order valence-corrected chi connectivity index (χ0v) is 9.01. The molecule has 0 spiro atoms. The van der Waals surface area contributed by atoms with Crippen molar-refractivity contribution < 1.29 is 0 Å². The zero-order chi connectivity index (χ0) is 10.1.